The lowest BCUT2D eigenvalue weighted by Crippen LogP contribution is -2.49. The van der Waals surface area contributed by atoms with E-state index in [2.05, 4.69) is 18.4 Å². The maximum absolute atomic E-state index is 11.9. The third-order valence-corrected chi connectivity index (χ3v) is 3.50. The van der Waals surface area contributed by atoms with Gasteiger partial charge in [0.15, 0.2) is 0 Å². The van der Waals surface area contributed by atoms with Crippen LogP contribution in [-0.2, 0) is 4.79 Å². The minimum atomic E-state index is 0.343. The molecule has 3 nitrogen and oxygen atoms in total. The molecule has 0 spiro atoms. The highest BCUT2D eigenvalue weighted by molar-refractivity contribution is 5.81. The predicted octanol–water partition coefficient (Wildman–Crippen LogP) is 0.973. The molecule has 2 aliphatic rings. The molecule has 0 aromatic rings. The molecular weight excluding hydrogens is 188 g/mol. The van der Waals surface area contributed by atoms with E-state index in [1.165, 1.54) is 0 Å². The van der Waals surface area contributed by atoms with Gasteiger partial charge < -0.3 is 4.90 Å². The maximum Gasteiger partial charge on any atom is 0.226 e. The first-order chi connectivity index (χ1) is 7.22. The van der Waals surface area contributed by atoms with Gasteiger partial charge in [0.05, 0.1) is 0 Å². The molecule has 2 atom stereocenters. The number of amides is 1. The van der Waals surface area contributed by atoms with E-state index in [1.54, 1.807) is 0 Å². The number of hydrogen-bond donors (Lipinski definition) is 0. The van der Waals surface area contributed by atoms with Crippen LogP contribution < -0.4 is 0 Å². The third kappa shape index (κ3) is 2.40. The second-order valence-electron chi connectivity index (χ2n) is 4.73. The van der Waals surface area contributed by atoms with Crippen molar-refractivity contribution in [1.29, 1.82) is 0 Å². The normalized spacial score (nSPS) is 31.4. The zero-order valence-electron chi connectivity index (χ0n) is 9.48. The van der Waals surface area contributed by atoms with Gasteiger partial charge in [0, 0.05) is 38.6 Å². The monoisotopic (exact) mass is 208 g/mol. The topological polar surface area (TPSA) is 23.6 Å². The van der Waals surface area contributed by atoms with E-state index in [4.69, 9.17) is 0 Å². The van der Waals surface area contributed by atoms with Gasteiger partial charge in [-0.15, -0.1) is 6.58 Å². The number of rotatable bonds is 3. The number of hydrogen-bond acceptors (Lipinski definition) is 2. The molecule has 15 heavy (non-hydrogen) atoms. The van der Waals surface area contributed by atoms with Crippen LogP contribution in [0.4, 0.5) is 0 Å². The fourth-order valence-electron chi connectivity index (χ4n) is 2.23. The van der Waals surface area contributed by atoms with Gasteiger partial charge in [-0.1, -0.05) is 13.0 Å². The summed E-state index contributed by atoms with van der Waals surface area (Å²) in [5, 5.41) is 0. The maximum atomic E-state index is 11.9. The highest BCUT2D eigenvalue weighted by atomic mass is 16.2. The Morgan fingerprint density at radius 1 is 1.40 bits per heavy atom. The number of carbonyl (C=O) groups is 1. The molecule has 0 aromatic carbocycles. The molecule has 1 aliphatic carbocycles. The van der Waals surface area contributed by atoms with E-state index < -0.39 is 0 Å². The van der Waals surface area contributed by atoms with Crippen LogP contribution in [0.15, 0.2) is 12.7 Å². The predicted molar refractivity (Wildman–Crippen MR) is 60.5 cm³/mol. The summed E-state index contributed by atoms with van der Waals surface area (Å²) in [5.74, 6) is 1.36. The zero-order chi connectivity index (χ0) is 10.8. The van der Waals surface area contributed by atoms with Crippen molar-refractivity contribution in [3.05, 3.63) is 12.7 Å². The Balaban J connectivity index is 1.77. The van der Waals surface area contributed by atoms with Crippen LogP contribution in [0, 0.1) is 11.8 Å². The summed E-state index contributed by atoms with van der Waals surface area (Å²) in [6.07, 6.45) is 3.03. The van der Waals surface area contributed by atoms with Crippen LogP contribution in [-0.4, -0.2) is 48.4 Å². The standard InChI is InChI=1S/C12H20N2O/c1-3-4-13-5-7-14(8-6-13)12(15)11-9-10(11)2/h3,10-11H,1,4-9H2,2H3. The van der Waals surface area contributed by atoms with Crippen molar-refractivity contribution >= 4 is 5.91 Å². The van der Waals surface area contributed by atoms with Crippen LogP contribution in [0.1, 0.15) is 13.3 Å². The second kappa shape index (κ2) is 4.35. The Labute approximate surface area is 91.7 Å². The molecule has 2 unspecified atom stereocenters. The average molecular weight is 208 g/mol. The molecule has 2 rings (SSSR count). The van der Waals surface area contributed by atoms with Gasteiger partial charge in [-0.3, -0.25) is 9.69 Å². The number of piperazine rings is 1. The summed E-state index contributed by atoms with van der Waals surface area (Å²) < 4.78 is 0. The first kappa shape index (κ1) is 10.7. The molecule has 1 saturated heterocycles. The highest BCUT2D eigenvalue weighted by Gasteiger charge is 2.41. The Hall–Kier alpha value is -0.830. The molecule has 1 saturated carbocycles. The van der Waals surface area contributed by atoms with Crippen molar-refractivity contribution in [3.8, 4) is 0 Å². The lowest BCUT2D eigenvalue weighted by atomic mass is 10.2. The molecule has 0 N–H and O–H groups in total. The van der Waals surface area contributed by atoms with Crippen molar-refractivity contribution in [1.82, 2.24) is 9.80 Å². The van der Waals surface area contributed by atoms with Crippen LogP contribution in [0.3, 0.4) is 0 Å². The lowest BCUT2D eigenvalue weighted by molar-refractivity contribution is -0.134. The molecular formula is C12H20N2O. The van der Waals surface area contributed by atoms with E-state index in [9.17, 15) is 4.79 Å². The minimum absolute atomic E-state index is 0.343. The SMILES string of the molecule is C=CCN1CCN(C(=O)C2CC2C)CC1. The van der Waals surface area contributed by atoms with Crippen molar-refractivity contribution in [2.75, 3.05) is 32.7 Å². The first-order valence-electron chi connectivity index (χ1n) is 5.84. The van der Waals surface area contributed by atoms with Crippen LogP contribution in [0.2, 0.25) is 0 Å². The zero-order valence-corrected chi connectivity index (χ0v) is 9.48. The van der Waals surface area contributed by atoms with Crippen molar-refractivity contribution in [2.24, 2.45) is 11.8 Å². The third-order valence-electron chi connectivity index (χ3n) is 3.50. The Kier molecular flexibility index (Phi) is 3.10. The van der Waals surface area contributed by atoms with E-state index in [-0.39, 0.29) is 0 Å². The molecule has 0 radical (unpaired) electrons. The molecule has 84 valence electrons. The van der Waals surface area contributed by atoms with Gasteiger partial charge in [0.25, 0.3) is 0 Å². The number of carbonyl (C=O) groups excluding carboxylic acids is 1. The summed E-state index contributed by atoms with van der Waals surface area (Å²) in [5.41, 5.74) is 0. The van der Waals surface area contributed by atoms with Crippen molar-refractivity contribution < 1.29 is 4.79 Å². The van der Waals surface area contributed by atoms with Gasteiger partial charge in [-0.2, -0.15) is 0 Å². The minimum Gasteiger partial charge on any atom is -0.340 e. The van der Waals surface area contributed by atoms with Crippen molar-refractivity contribution in [3.63, 3.8) is 0 Å². The van der Waals surface area contributed by atoms with E-state index >= 15 is 0 Å². The molecule has 0 bridgehead atoms. The number of nitrogens with zero attached hydrogens (tertiary/aromatic N) is 2. The second-order valence-corrected chi connectivity index (χ2v) is 4.73. The quantitative estimate of drug-likeness (QED) is 0.645. The van der Waals surface area contributed by atoms with Crippen LogP contribution in [0.25, 0.3) is 0 Å². The molecule has 1 aliphatic heterocycles. The van der Waals surface area contributed by atoms with Gasteiger partial charge >= 0.3 is 0 Å². The van der Waals surface area contributed by atoms with Gasteiger partial charge in [-0.25, -0.2) is 0 Å². The molecule has 1 amide bonds. The van der Waals surface area contributed by atoms with Gasteiger partial charge in [-0.05, 0) is 12.3 Å². The summed E-state index contributed by atoms with van der Waals surface area (Å²) in [6, 6.07) is 0. The highest BCUT2D eigenvalue weighted by Crippen LogP contribution is 2.39. The van der Waals surface area contributed by atoms with Gasteiger partial charge in [0.2, 0.25) is 5.91 Å². The van der Waals surface area contributed by atoms with Crippen molar-refractivity contribution in [2.45, 2.75) is 13.3 Å². The lowest BCUT2D eigenvalue weighted by Gasteiger charge is -2.34. The van der Waals surface area contributed by atoms with Crippen LogP contribution in [0.5, 0.6) is 0 Å². The van der Waals surface area contributed by atoms with E-state index in [0.29, 0.717) is 17.7 Å². The van der Waals surface area contributed by atoms with E-state index in [1.807, 2.05) is 11.0 Å². The van der Waals surface area contributed by atoms with Crippen LogP contribution >= 0.6 is 0 Å². The van der Waals surface area contributed by atoms with E-state index in [0.717, 1.165) is 39.1 Å². The average Bonchev–Trinajstić information content (AvgIpc) is 2.96. The Bertz CT molecular complexity index is 256. The summed E-state index contributed by atoms with van der Waals surface area (Å²) in [4.78, 5) is 16.3. The Morgan fingerprint density at radius 3 is 2.47 bits per heavy atom. The fraction of sp³-hybridized carbons (Fsp3) is 0.750. The first-order valence-corrected chi connectivity index (χ1v) is 5.84. The largest absolute Gasteiger partial charge is 0.340 e. The fourth-order valence-corrected chi connectivity index (χ4v) is 2.23. The molecule has 1 heterocycles. The molecule has 0 aromatic heterocycles. The summed E-state index contributed by atoms with van der Waals surface area (Å²) in [7, 11) is 0. The van der Waals surface area contributed by atoms with Gasteiger partial charge in [0.1, 0.15) is 0 Å². The summed E-state index contributed by atoms with van der Waals surface area (Å²) in [6.45, 7) is 10.6. The Morgan fingerprint density at radius 2 is 2.00 bits per heavy atom. The molecule has 3 heteroatoms. The smallest absolute Gasteiger partial charge is 0.226 e. The molecule has 2 fully saturated rings. The summed E-state index contributed by atoms with van der Waals surface area (Å²) >= 11 is 0.